The minimum Gasteiger partial charge on any atom is -0.356 e. The highest BCUT2D eigenvalue weighted by Crippen LogP contribution is 2.49. The molecule has 148 valence electrons. The lowest BCUT2D eigenvalue weighted by Gasteiger charge is -2.20. The van der Waals surface area contributed by atoms with Crippen molar-refractivity contribution in [2.75, 3.05) is 20.1 Å². The van der Waals surface area contributed by atoms with E-state index in [4.69, 9.17) is 0 Å². The van der Waals surface area contributed by atoms with Crippen LogP contribution in [-0.4, -0.2) is 35.9 Å². The molecule has 1 aliphatic rings. The van der Waals surface area contributed by atoms with Crippen LogP contribution in [0.2, 0.25) is 0 Å². The van der Waals surface area contributed by atoms with Gasteiger partial charge in [0.15, 0.2) is 5.96 Å². The maximum absolute atomic E-state index is 4.49. The molecule has 1 saturated carbocycles. The summed E-state index contributed by atoms with van der Waals surface area (Å²) in [5.41, 5.74) is 5.29. The quantitative estimate of drug-likeness (QED) is 0.329. The fourth-order valence-electron chi connectivity index (χ4n) is 3.54. The van der Waals surface area contributed by atoms with Crippen LogP contribution in [0.4, 0.5) is 0 Å². The van der Waals surface area contributed by atoms with Crippen molar-refractivity contribution < 1.29 is 0 Å². The topological polar surface area (TPSA) is 54.2 Å². The van der Waals surface area contributed by atoms with Gasteiger partial charge in [-0.25, -0.2) is 0 Å². The minimum absolute atomic E-state index is 0. The summed E-state index contributed by atoms with van der Waals surface area (Å²) in [6, 6.07) is 8.54. The van der Waals surface area contributed by atoms with Crippen molar-refractivity contribution in [2.45, 2.75) is 38.5 Å². The van der Waals surface area contributed by atoms with E-state index in [-0.39, 0.29) is 29.4 Å². The van der Waals surface area contributed by atoms with Crippen LogP contribution in [0.3, 0.4) is 0 Å². The predicted molar refractivity (Wildman–Crippen MR) is 126 cm³/mol. The van der Waals surface area contributed by atoms with Crippen molar-refractivity contribution >= 4 is 45.9 Å². The molecule has 27 heavy (non-hydrogen) atoms. The van der Waals surface area contributed by atoms with E-state index in [0.717, 1.165) is 31.2 Å². The Hall–Kier alpha value is -1.09. The minimum atomic E-state index is 0. The van der Waals surface area contributed by atoms with Crippen molar-refractivity contribution in [3.05, 3.63) is 51.3 Å². The zero-order valence-corrected chi connectivity index (χ0v) is 20.4. The standard InChI is InChI=1S/C20H28BrN5.HI/c1-14-16(15(2)26(4)25-14)9-12-23-19(22-3)24-13-20(10-11-20)17-7-5-6-8-18(17)21;/h5-8H,9-13H2,1-4H3,(H2,22,23,24);1H. The van der Waals surface area contributed by atoms with Gasteiger partial charge in [-0.05, 0) is 50.3 Å². The summed E-state index contributed by atoms with van der Waals surface area (Å²) in [5.74, 6) is 0.863. The molecule has 1 aromatic carbocycles. The number of aliphatic imine (C=N–C) groups is 1. The van der Waals surface area contributed by atoms with E-state index in [9.17, 15) is 0 Å². The Kier molecular flexibility index (Phi) is 7.73. The highest BCUT2D eigenvalue weighted by molar-refractivity contribution is 14.0. The summed E-state index contributed by atoms with van der Waals surface area (Å²) in [6.07, 6.45) is 3.38. The van der Waals surface area contributed by atoms with E-state index in [0.29, 0.717) is 0 Å². The van der Waals surface area contributed by atoms with Crippen molar-refractivity contribution in [2.24, 2.45) is 12.0 Å². The van der Waals surface area contributed by atoms with E-state index >= 15 is 0 Å². The molecule has 1 heterocycles. The monoisotopic (exact) mass is 545 g/mol. The second-order valence-electron chi connectivity index (χ2n) is 7.14. The smallest absolute Gasteiger partial charge is 0.191 e. The zero-order valence-electron chi connectivity index (χ0n) is 16.5. The first kappa shape index (κ1) is 22.2. The molecule has 0 radical (unpaired) electrons. The number of benzene rings is 1. The lowest BCUT2D eigenvalue weighted by Crippen LogP contribution is -2.42. The van der Waals surface area contributed by atoms with Crippen LogP contribution in [-0.2, 0) is 18.9 Å². The fourth-order valence-corrected chi connectivity index (χ4v) is 4.25. The Morgan fingerprint density at radius 3 is 2.52 bits per heavy atom. The Balaban J connectivity index is 0.00000261. The Labute approximate surface area is 187 Å². The molecule has 7 heteroatoms. The molecule has 0 atom stereocenters. The van der Waals surface area contributed by atoms with E-state index in [2.05, 4.69) is 74.8 Å². The second-order valence-corrected chi connectivity index (χ2v) is 7.99. The number of hydrogen-bond donors (Lipinski definition) is 2. The van der Waals surface area contributed by atoms with Crippen LogP contribution in [0, 0.1) is 13.8 Å². The summed E-state index contributed by atoms with van der Waals surface area (Å²) >= 11 is 3.70. The van der Waals surface area contributed by atoms with Gasteiger partial charge in [0.1, 0.15) is 0 Å². The molecule has 5 nitrogen and oxygen atoms in total. The molecule has 1 aliphatic carbocycles. The summed E-state index contributed by atoms with van der Waals surface area (Å²) in [7, 11) is 3.82. The number of hydrogen-bond acceptors (Lipinski definition) is 2. The van der Waals surface area contributed by atoms with Gasteiger partial charge < -0.3 is 10.6 Å². The molecule has 0 bridgehead atoms. The lowest BCUT2D eigenvalue weighted by molar-refractivity contribution is 0.642. The molecule has 3 rings (SSSR count). The van der Waals surface area contributed by atoms with Gasteiger partial charge in [0.25, 0.3) is 0 Å². The summed E-state index contributed by atoms with van der Waals surface area (Å²) < 4.78 is 3.15. The average Bonchev–Trinajstić information content (AvgIpc) is 3.37. The predicted octanol–water partition coefficient (Wildman–Crippen LogP) is 3.86. The molecule has 2 aromatic rings. The second kappa shape index (κ2) is 9.41. The molecule has 2 N–H and O–H groups in total. The fraction of sp³-hybridized carbons (Fsp3) is 0.500. The van der Waals surface area contributed by atoms with Gasteiger partial charge in [-0.2, -0.15) is 5.10 Å². The highest BCUT2D eigenvalue weighted by atomic mass is 127. The van der Waals surface area contributed by atoms with Gasteiger partial charge in [-0.15, -0.1) is 24.0 Å². The van der Waals surface area contributed by atoms with Crippen LogP contribution in [0.1, 0.15) is 35.4 Å². The molecule has 0 unspecified atom stereocenters. The molecule has 1 aromatic heterocycles. The Morgan fingerprint density at radius 2 is 1.96 bits per heavy atom. The van der Waals surface area contributed by atoms with E-state index in [1.54, 1.807) is 0 Å². The highest BCUT2D eigenvalue weighted by Gasteiger charge is 2.45. The number of rotatable bonds is 6. The van der Waals surface area contributed by atoms with Gasteiger partial charge in [0.2, 0.25) is 0 Å². The number of halogens is 2. The first-order valence-electron chi connectivity index (χ1n) is 9.15. The van der Waals surface area contributed by atoms with Gasteiger partial charge in [0.05, 0.1) is 5.69 Å². The third-order valence-corrected chi connectivity index (χ3v) is 6.13. The first-order chi connectivity index (χ1) is 12.5. The van der Waals surface area contributed by atoms with Crippen molar-refractivity contribution in [3.8, 4) is 0 Å². The Morgan fingerprint density at radius 1 is 1.26 bits per heavy atom. The molecule has 0 amide bonds. The third kappa shape index (κ3) is 5.04. The number of aryl methyl sites for hydroxylation is 2. The zero-order chi connectivity index (χ0) is 18.7. The average molecular weight is 546 g/mol. The Bertz CT molecular complexity index is 811. The molecular weight excluding hydrogens is 517 g/mol. The van der Waals surface area contributed by atoms with Crippen LogP contribution in [0.5, 0.6) is 0 Å². The van der Waals surface area contributed by atoms with Crippen LogP contribution >= 0.6 is 39.9 Å². The number of aromatic nitrogens is 2. The first-order valence-corrected chi connectivity index (χ1v) is 9.95. The number of nitrogens with one attached hydrogen (secondary N) is 2. The molecule has 0 saturated heterocycles. The van der Waals surface area contributed by atoms with Gasteiger partial charge in [-0.3, -0.25) is 9.67 Å². The van der Waals surface area contributed by atoms with E-state index < -0.39 is 0 Å². The van der Waals surface area contributed by atoms with Crippen molar-refractivity contribution in [3.63, 3.8) is 0 Å². The molecule has 0 spiro atoms. The number of guanidine groups is 1. The maximum Gasteiger partial charge on any atom is 0.191 e. The molecule has 1 fully saturated rings. The lowest BCUT2D eigenvalue weighted by atomic mass is 9.96. The van der Waals surface area contributed by atoms with Crippen molar-refractivity contribution in [1.82, 2.24) is 20.4 Å². The summed E-state index contributed by atoms with van der Waals surface area (Å²) in [4.78, 5) is 4.38. The SMILES string of the molecule is CN=C(NCCc1c(C)nn(C)c1C)NCC1(c2ccccc2Br)CC1.I. The van der Waals surface area contributed by atoms with E-state index in [1.807, 2.05) is 18.8 Å². The van der Waals surface area contributed by atoms with Gasteiger partial charge in [-0.1, -0.05) is 34.1 Å². The van der Waals surface area contributed by atoms with Crippen LogP contribution < -0.4 is 10.6 Å². The van der Waals surface area contributed by atoms with E-state index in [1.165, 1.54) is 34.1 Å². The molecular formula is C20H29BrIN5. The molecule has 0 aliphatic heterocycles. The van der Waals surface area contributed by atoms with Gasteiger partial charge in [0, 0.05) is 42.8 Å². The van der Waals surface area contributed by atoms with Gasteiger partial charge >= 0.3 is 0 Å². The summed E-state index contributed by atoms with van der Waals surface area (Å²) in [5, 5.41) is 11.4. The van der Waals surface area contributed by atoms with Crippen molar-refractivity contribution in [1.29, 1.82) is 0 Å². The normalized spacial score (nSPS) is 15.2. The van der Waals surface area contributed by atoms with Crippen LogP contribution in [0.25, 0.3) is 0 Å². The summed E-state index contributed by atoms with van der Waals surface area (Å²) in [6.45, 7) is 5.94. The van der Waals surface area contributed by atoms with Crippen LogP contribution in [0.15, 0.2) is 33.7 Å². The third-order valence-electron chi connectivity index (χ3n) is 5.44. The largest absolute Gasteiger partial charge is 0.356 e. The maximum atomic E-state index is 4.49. The number of nitrogens with zero attached hydrogens (tertiary/aromatic N) is 3.